The maximum absolute atomic E-state index is 13.0. The molecule has 2 fully saturated rings. The summed E-state index contributed by atoms with van der Waals surface area (Å²) in [6.07, 6.45) is 4.87. The smallest absolute Gasteiger partial charge is 0.338 e. The second-order valence-electron chi connectivity index (χ2n) is 8.51. The normalized spacial score (nSPS) is 24.2. The third-order valence-corrected chi connectivity index (χ3v) is 6.50. The van der Waals surface area contributed by atoms with E-state index < -0.39 is 24.4 Å². The van der Waals surface area contributed by atoms with Crippen molar-refractivity contribution >= 4 is 35.3 Å². The lowest BCUT2D eigenvalue weighted by Gasteiger charge is -2.18. The minimum absolute atomic E-state index is 0.0884. The molecule has 0 spiro atoms. The molecule has 2 aromatic carbocycles. The van der Waals surface area contributed by atoms with E-state index in [1.54, 1.807) is 42.5 Å². The first kappa shape index (κ1) is 21.6. The summed E-state index contributed by atoms with van der Waals surface area (Å²) in [6.45, 7) is -0.626. The molecule has 0 aromatic heterocycles. The van der Waals surface area contributed by atoms with Gasteiger partial charge < -0.3 is 4.74 Å². The molecule has 9 heteroatoms. The lowest BCUT2D eigenvalue weighted by Crippen LogP contribution is -2.43. The van der Waals surface area contributed by atoms with Crippen LogP contribution in [0.5, 0.6) is 0 Å². The number of imide groups is 1. The second kappa shape index (κ2) is 8.58. The van der Waals surface area contributed by atoms with Crippen LogP contribution in [0.3, 0.4) is 0 Å². The van der Waals surface area contributed by atoms with Gasteiger partial charge in [0.05, 0.1) is 23.1 Å². The van der Waals surface area contributed by atoms with Crippen molar-refractivity contribution in [3.05, 3.63) is 77.9 Å². The van der Waals surface area contributed by atoms with Crippen LogP contribution in [-0.4, -0.2) is 36.2 Å². The predicted molar refractivity (Wildman–Crippen MR) is 119 cm³/mol. The molecular formula is C25H21N3O6. The fourth-order valence-electron chi connectivity index (χ4n) is 4.97. The molecule has 172 valence electrons. The van der Waals surface area contributed by atoms with Gasteiger partial charge in [0.25, 0.3) is 11.8 Å². The number of amides is 4. The van der Waals surface area contributed by atoms with Crippen molar-refractivity contribution in [2.24, 2.45) is 23.7 Å². The van der Waals surface area contributed by atoms with Gasteiger partial charge in [-0.1, -0.05) is 36.4 Å². The van der Waals surface area contributed by atoms with Crippen molar-refractivity contribution < 1.29 is 28.7 Å². The number of fused-ring (bicyclic) bond motifs is 5. The molecule has 1 heterocycles. The summed E-state index contributed by atoms with van der Waals surface area (Å²) in [5.74, 6) is -3.03. The minimum atomic E-state index is -0.799. The maximum atomic E-state index is 13.0. The Morgan fingerprint density at radius 2 is 1.50 bits per heavy atom. The fourth-order valence-corrected chi connectivity index (χ4v) is 4.97. The number of ether oxygens (including phenoxy) is 1. The molecule has 0 radical (unpaired) electrons. The van der Waals surface area contributed by atoms with Crippen molar-refractivity contribution in [3.8, 4) is 0 Å². The topological polar surface area (TPSA) is 122 Å². The highest BCUT2D eigenvalue weighted by molar-refractivity contribution is 6.23. The first-order valence-electron chi connectivity index (χ1n) is 10.9. The van der Waals surface area contributed by atoms with E-state index in [1.165, 1.54) is 12.1 Å². The molecule has 4 amide bonds. The molecule has 1 saturated heterocycles. The average Bonchev–Trinajstić information content (AvgIpc) is 3.55. The molecule has 4 atom stereocenters. The number of esters is 1. The van der Waals surface area contributed by atoms with E-state index in [1.807, 2.05) is 12.2 Å². The number of hydrogen-bond acceptors (Lipinski definition) is 6. The van der Waals surface area contributed by atoms with Gasteiger partial charge in [0, 0.05) is 5.56 Å². The number of rotatable bonds is 5. The first-order chi connectivity index (χ1) is 16.4. The Balaban J connectivity index is 1.18. The summed E-state index contributed by atoms with van der Waals surface area (Å²) in [4.78, 5) is 63.5. The number of nitrogens with one attached hydrogen (secondary N) is 2. The molecule has 0 unspecified atom stereocenters. The molecule has 9 nitrogen and oxygen atoms in total. The van der Waals surface area contributed by atoms with E-state index in [9.17, 15) is 24.0 Å². The van der Waals surface area contributed by atoms with Crippen LogP contribution in [0.4, 0.5) is 5.69 Å². The number of allylic oxidation sites excluding steroid dienone is 2. The molecule has 5 rings (SSSR count). The molecule has 1 saturated carbocycles. The van der Waals surface area contributed by atoms with Crippen LogP contribution in [0, 0.1) is 23.7 Å². The Kier molecular flexibility index (Phi) is 5.45. The lowest BCUT2D eigenvalue weighted by molar-refractivity contribution is -0.125. The van der Waals surface area contributed by atoms with Crippen LogP contribution in [-0.2, 0) is 19.1 Å². The molecular weight excluding hydrogens is 438 g/mol. The highest BCUT2D eigenvalue weighted by Crippen LogP contribution is 2.53. The van der Waals surface area contributed by atoms with Gasteiger partial charge in [-0.15, -0.1) is 0 Å². The minimum Gasteiger partial charge on any atom is -0.452 e. The highest BCUT2D eigenvalue weighted by Gasteiger charge is 2.59. The van der Waals surface area contributed by atoms with Gasteiger partial charge in [-0.3, -0.25) is 30.0 Å². The number of hydrogen-bond donors (Lipinski definition) is 2. The van der Waals surface area contributed by atoms with E-state index in [0.717, 1.165) is 11.3 Å². The number of nitrogens with zero attached hydrogens (tertiary/aromatic N) is 1. The molecule has 34 heavy (non-hydrogen) atoms. The average molecular weight is 459 g/mol. The van der Waals surface area contributed by atoms with E-state index in [2.05, 4.69) is 10.9 Å². The van der Waals surface area contributed by atoms with Gasteiger partial charge in [-0.05, 0) is 48.6 Å². The van der Waals surface area contributed by atoms with Gasteiger partial charge in [0.1, 0.15) is 0 Å². The van der Waals surface area contributed by atoms with E-state index in [-0.39, 0.29) is 41.0 Å². The molecule has 1 aliphatic heterocycles. The largest absolute Gasteiger partial charge is 0.452 e. The summed E-state index contributed by atoms with van der Waals surface area (Å²) in [5.41, 5.74) is 5.16. The quantitative estimate of drug-likeness (QED) is 0.303. The van der Waals surface area contributed by atoms with Crippen LogP contribution >= 0.6 is 0 Å². The first-order valence-corrected chi connectivity index (χ1v) is 10.9. The van der Waals surface area contributed by atoms with Crippen LogP contribution in [0.15, 0.2) is 66.7 Å². The van der Waals surface area contributed by atoms with E-state index in [0.29, 0.717) is 11.3 Å². The van der Waals surface area contributed by atoms with Crippen molar-refractivity contribution in [1.82, 2.24) is 10.9 Å². The lowest BCUT2D eigenvalue weighted by atomic mass is 9.85. The van der Waals surface area contributed by atoms with Crippen LogP contribution < -0.4 is 15.8 Å². The summed E-state index contributed by atoms with van der Waals surface area (Å²) in [7, 11) is 0. The Morgan fingerprint density at radius 1 is 0.853 bits per heavy atom. The predicted octanol–water partition coefficient (Wildman–Crippen LogP) is 1.62. The zero-order valence-electron chi connectivity index (χ0n) is 18.0. The Labute approximate surface area is 194 Å². The standard InChI is InChI=1S/C25H21N3O6/c29-19(26-27-22(30)14-5-2-1-3-6-14)13-34-25(33)17-7-4-8-18(12-17)28-23(31)20-15-9-10-16(11-15)21(20)24(28)32/h1-10,12,15-16,20-21H,11,13H2,(H,26,29)(H,27,30)/t15-,16-,20-,21-/m0/s1. The number of carbonyl (C=O) groups is 5. The van der Waals surface area contributed by atoms with Crippen molar-refractivity contribution in [1.29, 1.82) is 0 Å². The molecule has 3 aliphatic rings. The number of carbonyl (C=O) groups excluding carboxylic acids is 5. The zero-order valence-corrected chi connectivity index (χ0v) is 18.0. The Bertz CT molecular complexity index is 1190. The molecule has 2 bridgehead atoms. The SMILES string of the molecule is O=C(COC(=O)c1cccc(N2C(=O)[C@@H]3[C@@H](C2=O)[C@H]2C=C[C@H]3C2)c1)NNC(=O)c1ccccc1. The van der Waals surface area contributed by atoms with Crippen molar-refractivity contribution in [2.75, 3.05) is 11.5 Å². The third-order valence-electron chi connectivity index (χ3n) is 6.50. The van der Waals surface area contributed by atoms with Crippen molar-refractivity contribution in [2.45, 2.75) is 6.42 Å². The monoisotopic (exact) mass is 459 g/mol. The van der Waals surface area contributed by atoms with Crippen LogP contribution in [0.2, 0.25) is 0 Å². The summed E-state index contributed by atoms with van der Waals surface area (Å²) < 4.78 is 5.02. The van der Waals surface area contributed by atoms with Gasteiger partial charge in [0.15, 0.2) is 6.61 Å². The van der Waals surface area contributed by atoms with E-state index >= 15 is 0 Å². The summed E-state index contributed by atoms with van der Waals surface area (Å²) in [5, 5.41) is 0. The van der Waals surface area contributed by atoms with Crippen LogP contribution in [0.25, 0.3) is 0 Å². The maximum Gasteiger partial charge on any atom is 0.338 e. The summed E-state index contributed by atoms with van der Waals surface area (Å²) in [6, 6.07) is 14.3. The van der Waals surface area contributed by atoms with Crippen molar-refractivity contribution in [3.63, 3.8) is 0 Å². The number of hydrazine groups is 1. The molecule has 2 aromatic rings. The zero-order chi connectivity index (χ0) is 23.8. The van der Waals surface area contributed by atoms with E-state index in [4.69, 9.17) is 4.74 Å². The van der Waals surface area contributed by atoms with Gasteiger partial charge >= 0.3 is 5.97 Å². The van der Waals surface area contributed by atoms with Gasteiger partial charge in [0.2, 0.25) is 11.8 Å². The Hall–Kier alpha value is -4.27. The molecule has 2 aliphatic carbocycles. The highest BCUT2D eigenvalue weighted by atomic mass is 16.5. The summed E-state index contributed by atoms with van der Waals surface area (Å²) >= 11 is 0. The number of anilines is 1. The Morgan fingerprint density at radius 3 is 2.18 bits per heavy atom. The van der Waals surface area contributed by atoms with Gasteiger partial charge in [-0.25, -0.2) is 9.69 Å². The van der Waals surface area contributed by atoms with Gasteiger partial charge in [-0.2, -0.15) is 0 Å². The van der Waals surface area contributed by atoms with Crippen LogP contribution in [0.1, 0.15) is 27.1 Å². The fraction of sp³-hybridized carbons (Fsp3) is 0.240. The second-order valence-corrected chi connectivity index (χ2v) is 8.51. The number of benzene rings is 2. The third kappa shape index (κ3) is 3.75. The molecule has 2 N–H and O–H groups in total.